The van der Waals surface area contributed by atoms with Crippen LogP contribution in [0.1, 0.15) is 17.6 Å². The van der Waals surface area contributed by atoms with Crippen LogP contribution in [-0.2, 0) is 9.53 Å². The summed E-state index contributed by atoms with van der Waals surface area (Å²) in [6, 6.07) is 3.07. The van der Waals surface area contributed by atoms with E-state index in [-0.39, 0.29) is 5.97 Å². The molecule has 1 aromatic rings. The number of likely N-dealkylation sites (N-methyl/N-ethyl adjacent to an activating group) is 1. The van der Waals surface area contributed by atoms with Crippen molar-refractivity contribution < 1.29 is 13.9 Å². The van der Waals surface area contributed by atoms with E-state index in [1.165, 1.54) is 7.11 Å². The topological polar surface area (TPSA) is 42.7 Å². The highest BCUT2D eigenvalue weighted by Gasteiger charge is 2.28. The number of hydrogen-bond donors (Lipinski definition) is 0. The van der Waals surface area contributed by atoms with Crippen molar-refractivity contribution >= 4 is 17.6 Å². The Morgan fingerprint density at radius 2 is 2.31 bits per heavy atom. The van der Waals surface area contributed by atoms with Crippen LogP contribution >= 0.6 is 11.6 Å². The van der Waals surface area contributed by atoms with Crippen LogP contribution in [0, 0.1) is 6.92 Å². The summed E-state index contributed by atoms with van der Waals surface area (Å²) in [6.45, 7) is 2.42. The standard InChI is InChI=1S/C11H16ClNO3/c1-8-4-5-9(16-8)10(11(14)15-3)13(2)7-6-12/h4-5,10H,6-7H2,1-3H3. The number of hydrogen-bond acceptors (Lipinski definition) is 4. The molecule has 16 heavy (non-hydrogen) atoms. The highest BCUT2D eigenvalue weighted by molar-refractivity contribution is 6.18. The molecule has 0 saturated heterocycles. The zero-order valence-electron chi connectivity index (χ0n) is 9.70. The van der Waals surface area contributed by atoms with Gasteiger partial charge < -0.3 is 9.15 Å². The maximum absolute atomic E-state index is 11.7. The first-order valence-corrected chi connectivity index (χ1v) is 5.54. The number of furan rings is 1. The van der Waals surface area contributed by atoms with E-state index in [0.29, 0.717) is 18.2 Å². The van der Waals surface area contributed by atoms with Gasteiger partial charge in [-0.25, -0.2) is 4.79 Å². The van der Waals surface area contributed by atoms with Crippen molar-refractivity contribution in [2.45, 2.75) is 13.0 Å². The van der Waals surface area contributed by atoms with Crippen molar-refractivity contribution in [1.82, 2.24) is 4.90 Å². The van der Waals surface area contributed by atoms with Gasteiger partial charge in [-0.15, -0.1) is 11.6 Å². The van der Waals surface area contributed by atoms with Gasteiger partial charge in [-0.05, 0) is 26.1 Å². The van der Waals surface area contributed by atoms with Crippen molar-refractivity contribution in [2.75, 3.05) is 26.6 Å². The lowest BCUT2D eigenvalue weighted by Crippen LogP contribution is -2.32. The first-order valence-electron chi connectivity index (χ1n) is 5.00. The van der Waals surface area contributed by atoms with E-state index in [0.717, 1.165) is 5.76 Å². The van der Waals surface area contributed by atoms with Gasteiger partial charge in [0, 0.05) is 12.4 Å². The van der Waals surface area contributed by atoms with Gasteiger partial charge in [0.2, 0.25) is 0 Å². The van der Waals surface area contributed by atoms with E-state index >= 15 is 0 Å². The van der Waals surface area contributed by atoms with Gasteiger partial charge in [0.05, 0.1) is 7.11 Å². The second kappa shape index (κ2) is 5.92. The third-order valence-corrected chi connectivity index (χ3v) is 2.50. The molecule has 0 aliphatic rings. The fourth-order valence-electron chi connectivity index (χ4n) is 1.49. The number of aryl methyl sites for hydroxylation is 1. The summed E-state index contributed by atoms with van der Waals surface area (Å²) in [7, 11) is 3.17. The van der Waals surface area contributed by atoms with Crippen molar-refractivity contribution in [3.63, 3.8) is 0 Å². The number of alkyl halides is 1. The van der Waals surface area contributed by atoms with E-state index < -0.39 is 6.04 Å². The summed E-state index contributed by atoms with van der Waals surface area (Å²) in [5.41, 5.74) is 0. The van der Waals surface area contributed by atoms with Gasteiger partial charge in [0.25, 0.3) is 0 Å². The Morgan fingerprint density at radius 1 is 1.62 bits per heavy atom. The Hall–Kier alpha value is -1.00. The first-order chi connectivity index (χ1) is 7.60. The second-order valence-electron chi connectivity index (χ2n) is 3.54. The number of nitrogens with zero attached hydrogens (tertiary/aromatic N) is 1. The molecule has 0 radical (unpaired) electrons. The van der Waals surface area contributed by atoms with Gasteiger partial charge in [0.15, 0.2) is 6.04 Å². The summed E-state index contributed by atoms with van der Waals surface area (Å²) >= 11 is 5.66. The molecule has 1 rings (SSSR count). The van der Waals surface area contributed by atoms with Crippen LogP contribution in [0.3, 0.4) is 0 Å². The SMILES string of the molecule is COC(=O)C(c1ccc(C)o1)N(C)CCCl. The second-order valence-corrected chi connectivity index (χ2v) is 3.92. The number of rotatable bonds is 5. The quantitative estimate of drug-likeness (QED) is 0.588. The molecule has 0 bridgehead atoms. The van der Waals surface area contributed by atoms with Gasteiger partial charge >= 0.3 is 5.97 Å². The number of carbonyl (C=O) groups excluding carboxylic acids is 1. The normalized spacial score (nSPS) is 12.8. The average molecular weight is 246 g/mol. The van der Waals surface area contributed by atoms with E-state index in [1.807, 2.05) is 20.0 Å². The maximum Gasteiger partial charge on any atom is 0.331 e. The van der Waals surface area contributed by atoms with Crippen LogP contribution in [0.25, 0.3) is 0 Å². The summed E-state index contributed by atoms with van der Waals surface area (Å²) in [5.74, 6) is 1.45. The highest BCUT2D eigenvalue weighted by Crippen LogP contribution is 2.22. The Kier molecular flexibility index (Phi) is 4.83. The van der Waals surface area contributed by atoms with Crippen LogP contribution in [0.15, 0.2) is 16.5 Å². The molecule has 0 saturated carbocycles. The molecule has 0 N–H and O–H groups in total. The minimum Gasteiger partial charge on any atom is -0.467 e. The zero-order chi connectivity index (χ0) is 12.1. The average Bonchev–Trinajstić information content (AvgIpc) is 2.65. The van der Waals surface area contributed by atoms with Crippen LogP contribution < -0.4 is 0 Å². The Morgan fingerprint density at radius 3 is 2.75 bits per heavy atom. The monoisotopic (exact) mass is 245 g/mol. The number of halogens is 1. The number of esters is 1. The molecule has 1 atom stereocenters. The number of methoxy groups -OCH3 is 1. The molecule has 4 nitrogen and oxygen atoms in total. The predicted octanol–water partition coefficient (Wildman–Crippen LogP) is 1.97. The van der Waals surface area contributed by atoms with Crippen LogP contribution in [-0.4, -0.2) is 37.5 Å². The molecule has 1 heterocycles. The van der Waals surface area contributed by atoms with Gasteiger partial charge in [0.1, 0.15) is 11.5 Å². The van der Waals surface area contributed by atoms with Crippen molar-refractivity contribution in [2.24, 2.45) is 0 Å². The Balaban J connectivity index is 2.91. The van der Waals surface area contributed by atoms with E-state index in [9.17, 15) is 4.79 Å². The molecule has 1 aromatic heterocycles. The Labute approximate surface area is 100 Å². The lowest BCUT2D eigenvalue weighted by atomic mass is 10.2. The molecule has 0 aromatic carbocycles. The number of carbonyl (C=O) groups is 1. The molecule has 0 aliphatic carbocycles. The molecule has 0 spiro atoms. The summed E-state index contributed by atoms with van der Waals surface area (Å²) in [4.78, 5) is 13.5. The van der Waals surface area contributed by atoms with Crippen LogP contribution in [0.4, 0.5) is 0 Å². The summed E-state index contributed by atoms with van der Waals surface area (Å²) in [6.07, 6.45) is 0. The molecule has 5 heteroatoms. The third kappa shape index (κ3) is 3.00. The van der Waals surface area contributed by atoms with E-state index in [2.05, 4.69) is 0 Å². The lowest BCUT2D eigenvalue weighted by molar-refractivity contribution is -0.147. The fraction of sp³-hybridized carbons (Fsp3) is 0.545. The van der Waals surface area contributed by atoms with E-state index in [4.69, 9.17) is 20.8 Å². The first kappa shape index (κ1) is 13.1. The zero-order valence-corrected chi connectivity index (χ0v) is 10.5. The minimum atomic E-state index is -0.530. The molecular formula is C11H16ClNO3. The molecule has 1 unspecified atom stereocenters. The fourth-order valence-corrected chi connectivity index (χ4v) is 1.75. The largest absolute Gasteiger partial charge is 0.467 e. The van der Waals surface area contributed by atoms with Crippen molar-refractivity contribution in [3.8, 4) is 0 Å². The van der Waals surface area contributed by atoms with Crippen molar-refractivity contribution in [3.05, 3.63) is 23.7 Å². The lowest BCUT2D eigenvalue weighted by Gasteiger charge is -2.23. The van der Waals surface area contributed by atoms with E-state index in [1.54, 1.807) is 11.0 Å². The van der Waals surface area contributed by atoms with Crippen LogP contribution in [0.2, 0.25) is 0 Å². The van der Waals surface area contributed by atoms with Gasteiger partial charge in [-0.3, -0.25) is 4.90 Å². The van der Waals surface area contributed by atoms with Crippen molar-refractivity contribution in [1.29, 1.82) is 0 Å². The summed E-state index contributed by atoms with van der Waals surface area (Å²) < 4.78 is 10.2. The minimum absolute atomic E-state index is 0.345. The summed E-state index contributed by atoms with van der Waals surface area (Å²) in [5, 5.41) is 0. The smallest absolute Gasteiger partial charge is 0.331 e. The van der Waals surface area contributed by atoms with Crippen LogP contribution in [0.5, 0.6) is 0 Å². The third-order valence-electron chi connectivity index (χ3n) is 2.33. The van der Waals surface area contributed by atoms with Gasteiger partial charge in [-0.2, -0.15) is 0 Å². The molecule has 0 amide bonds. The predicted molar refractivity (Wildman–Crippen MR) is 61.6 cm³/mol. The highest BCUT2D eigenvalue weighted by atomic mass is 35.5. The maximum atomic E-state index is 11.7. The molecule has 0 aliphatic heterocycles. The number of ether oxygens (including phenoxy) is 1. The molecule has 0 fully saturated rings. The molecular weight excluding hydrogens is 230 g/mol. The molecule has 90 valence electrons. The Bertz CT molecular complexity index is 351. The van der Waals surface area contributed by atoms with Gasteiger partial charge in [-0.1, -0.05) is 0 Å².